The number of hydrogen-bond acceptors (Lipinski definition) is 2. The highest BCUT2D eigenvalue weighted by Crippen LogP contribution is 2.27. The summed E-state index contributed by atoms with van der Waals surface area (Å²) in [6.45, 7) is 2.42. The number of carbonyl (C=O) groups is 1. The number of halogens is 2. The normalized spacial score (nSPS) is 10.2. The Bertz CT molecular complexity index is 366. The predicted octanol–water partition coefficient (Wildman–Crippen LogP) is 3.79. The summed E-state index contributed by atoms with van der Waals surface area (Å²) < 4.78 is 5.51. The van der Waals surface area contributed by atoms with E-state index in [1.165, 1.54) is 0 Å². The van der Waals surface area contributed by atoms with Crippen molar-refractivity contribution in [1.82, 2.24) is 0 Å². The maximum Gasteiger partial charge on any atom is 0.167 e. The van der Waals surface area contributed by atoms with Gasteiger partial charge >= 0.3 is 0 Å². The molecular formula is C12H14BrClO2. The van der Waals surface area contributed by atoms with Crippen LogP contribution in [-0.4, -0.2) is 17.7 Å². The summed E-state index contributed by atoms with van der Waals surface area (Å²) >= 11 is 9.08. The van der Waals surface area contributed by atoms with Gasteiger partial charge in [0.2, 0.25) is 0 Å². The molecule has 0 aliphatic heterocycles. The highest BCUT2D eigenvalue weighted by Gasteiger charge is 2.14. The van der Waals surface area contributed by atoms with Crippen LogP contribution in [0.3, 0.4) is 0 Å². The van der Waals surface area contributed by atoms with Crippen LogP contribution < -0.4 is 4.74 Å². The first-order chi connectivity index (χ1) is 7.74. The van der Waals surface area contributed by atoms with Crippen molar-refractivity contribution in [2.45, 2.75) is 19.2 Å². The van der Waals surface area contributed by atoms with Crippen LogP contribution in [0.2, 0.25) is 0 Å². The Morgan fingerprint density at radius 2 is 2.25 bits per heavy atom. The lowest BCUT2D eigenvalue weighted by Crippen LogP contribution is -2.06. The van der Waals surface area contributed by atoms with Crippen LogP contribution in [-0.2, 0) is 5.88 Å². The number of para-hydroxylation sites is 1. The molecule has 0 unspecified atom stereocenters. The monoisotopic (exact) mass is 304 g/mol. The zero-order valence-corrected chi connectivity index (χ0v) is 11.5. The number of alkyl halides is 2. The molecule has 0 fully saturated rings. The molecule has 88 valence electrons. The summed E-state index contributed by atoms with van der Waals surface area (Å²) in [7, 11) is 0. The molecule has 0 aromatic heterocycles. The van der Waals surface area contributed by atoms with Gasteiger partial charge in [-0.3, -0.25) is 4.79 Å². The summed E-state index contributed by atoms with van der Waals surface area (Å²) in [4.78, 5) is 11.9. The average molecular weight is 306 g/mol. The molecule has 0 saturated carbocycles. The van der Waals surface area contributed by atoms with Crippen LogP contribution in [0.25, 0.3) is 0 Å². The quantitative estimate of drug-likeness (QED) is 0.590. The van der Waals surface area contributed by atoms with Crippen LogP contribution in [0.1, 0.15) is 29.3 Å². The van der Waals surface area contributed by atoms with Gasteiger partial charge < -0.3 is 4.74 Å². The largest absolute Gasteiger partial charge is 0.493 e. The van der Waals surface area contributed by atoms with Gasteiger partial charge in [-0.25, -0.2) is 0 Å². The maximum atomic E-state index is 11.9. The van der Waals surface area contributed by atoms with Crippen molar-refractivity contribution in [1.29, 1.82) is 0 Å². The van der Waals surface area contributed by atoms with Gasteiger partial charge in [0, 0.05) is 17.3 Å². The van der Waals surface area contributed by atoms with Crippen LogP contribution >= 0.6 is 27.5 Å². The first-order valence-corrected chi connectivity index (χ1v) is 6.80. The highest BCUT2D eigenvalue weighted by atomic mass is 79.9. The molecule has 1 aromatic rings. The van der Waals surface area contributed by atoms with Crippen molar-refractivity contribution in [2.24, 2.45) is 0 Å². The van der Waals surface area contributed by atoms with Crippen LogP contribution in [0.4, 0.5) is 0 Å². The minimum atomic E-state index is 0.0762. The zero-order valence-electron chi connectivity index (χ0n) is 9.13. The van der Waals surface area contributed by atoms with E-state index >= 15 is 0 Å². The molecule has 0 aliphatic carbocycles. The number of rotatable bonds is 6. The Kier molecular flexibility index (Phi) is 5.85. The third-order valence-corrected chi connectivity index (χ3v) is 2.84. The van der Waals surface area contributed by atoms with Gasteiger partial charge in [0.1, 0.15) is 5.75 Å². The Balaban J connectivity index is 3.10. The smallest absolute Gasteiger partial charge is 0.167 e. The first kappa shape index (κ1) is 13.5. The molecule has 0 bridgehead atoms. The van der Waals surface area contributed by atoms with Gasteiger partial charge in [-0.05, 0) is 13.0 Å². The number of hydrogen-bond donors (Lipinski definition) is 0. The van der Waals surface area contributed by atoms with Gasteiger partial charge in [-0.15, -0.1) is 11.6 Å². The molecule has 0 aliphatic rings. The maximum absolute atomic E-state index is 11.9. The molecule has 0 heterocycles. The second-order valence-corrected chi connectivity index (χ2v) is 4.28. The molecule has 0 spiro atoms. The van der Waals surface area contributed by atoms with Gasteiger partial charge in [0.05, 0.1) is 18.1 Å². The predicted molar refractivity (Wildman–Crippen MR) is 69.9 cm³/mol. The van der Waals surface area contributed by atoms with Gasteiger partial charge in [0.25, 0.3) is 0 Å². The van der Waals surface area contributed by atoms with E-state index < -0.39 is 0 Å². The second-order valence-electron chi connectivity index (χ2n) is 3.22. The molecule has 0 atom stereocenters. The minimum absolute atomic E-state index is 0.0762. The van der Waals surface area contributed by atoms with Crippen molar-refractivity contribution in [2.75, 3.05) is 11.9 Å². The van der Waals surface area contributed by atoms with E-state index in [0.29, 0.717) is 35.6 Å². The molecule has 4 heteroatoms. The molecule has 0 saturated heterocycles. The van der Waals surface area contributed by atoms with E-state index in [9.17, 15) is 4.79 Å². The minimum Gasteiger partial charge on any atom is -0.493 e. The van der Waals surface area contributed by atoms with Crippen molar-refractivity contribution in [3.05, 3.63) is 29.3 Å². The SMILES string of the molecule is CCOc1c(CCl)cccc1C(=O)CCBr. The van der Waals surface area contributed by atoms with E-state index in [1.807, 2.05) is 19.1 Å². The van der Waals surface area contributed by atoms with E-state index in [2.05, 4.69) is 15.9 Å². The summed E-state index contributed by atoms with van der Waals surface area (Å²) in [5.41, 5.74) is 1.49. The number of carbonyl (C=O) groups excluding carboxylic acids is 1. The number of benzene rings is 1. The van der Waals surface area contributed by atoms with Crippen molar-refractivity contribution in [3.63, 3.8) is 0 Å². The third-order valence-electron chi connectivity index (χ3n) is 2.15. The fourth-order valence-electron chi connectivity index (χ4n) is 1.44. The fraction of sp³-hybridized carbons (Fsp3) is 0.417. The Morgan fingerprint density at radius 3 is 2.81 bits per heavy atom. The number of Topliss-reactive ketones (excluding diaryl/α,β-unsaturated/α-hetero) is 1. The zero-order chi connectivity index (χ0) is 12.0. The molecule has 0 radical (unpaired) electrons. The summed E-state index contributed by atoms with van der Waals surface area (Å²) in [6, 6.07) is 5.50. The fourth-order valence-corrected chi connectivity index (χ4v) is 2.02. The summed E-state index contributed by atoms with van der Waals surface area (Å²) in [6.07, 6.45) is 0.464. The first-order valence-electron chi connectivity index (χ1n) is 5.14. The van der Waals surface area contributed by atoms with E-state index in [-0.39, 0.29) is 5.78 Å². The third kappa shape index (κ3) is 3.22. The molecule has 16 heavy (non-hydrogen) atoms. The molecule has 2 nitrogen and oxygen atoms in total. The molecule has 0 N–H and O–H groups in total. The Morgan fingerprint density at radius 1 is 1.50 bits per heavy atom. The number of ketones is 1. The van der Waals surface area contributed by atoms with Crippen LogP contribution in [0, 0.1) is 0 Å². The van der Waals surface area contributed by atoms with Gasteiger partial charge in [-0.2, -0.15) is 0 Å². The lowest BCUT2D eigenvalue weighted by Gasteiger charge is -2.12. The van der Waals surface area contributed by atoms with Crippen molar-refractivity contribution in [3.8, 4) is 5.75 Å². The van der Waals surface area contributed by atoms with Crippen molar-refractivity contribution < 1.29 is 9.53 Å². The average Bonchev–Trinajstić information content (AvgIpc) is 2.30. The summed E-state index contributed by atoms with van der Waals surface area (Å²) in [5.74, 6) is 1.06. The molecule has 0 amide bonds. The van der Waals surface area contributed by atoms with E-state index in [0.717, 1.165) is 5.56 Å². The standard InChI is InChI=1S/C12H14BrClO2/c1-2-16-12-9(8-14)4-3-5-10(12)11(15)6-7-13/h3-5H,2,6-8H2,1H3. The second kappa shape index (κ2) is 6.92. The Hall–Kier alpha value is -0.540. The molecule has 1 aromatic carbocycles. The topological polar surface area (TPSA) is 26.3 Å². The van der Waals surface area contributed by atoms with Gasteiger partial charge in [0.15, 0.2) is 5.78 Å². The van der Waals surface area contributed by atoms with Crippen LogP contribution in [0.15, 0.2) is 18.2 Å². The lowest BCUT2D eigenvalue weighted by atomic mass is 10.0. The molecule has 1 rings (SSSR count). The summed E-state index contributed by atoms with van der Waals surface area (Å²) in [5, 5.41) is 0.655. The van der Waals surface area contributed by atoms with Gasteiger partial charge in [-0.1, -0.05) is 28.1 Å². The Labute approximate surface area is 109 Å². The van der Waals surface area contributed by atoms with Crippen molar-refractivity contribution >= 4 is 33.3 Å². The van der Waals surface area contributed by atoms with E-state index in [1.54, 1.807) is 6.07 Å². The van der Waals surface area contributed by atoms with Crippen LogP contribution in [0.5, 0.6) is 5.75 Å². The van der Waals surface area contributed by atoms with E-state index in [4.69, 9.17) is 16.3 Å². The highest BCUT2D eigenvalue weighted by molar-refractivity contribution is 9.09. The molecular weight excluding hydrogens is 291 g/mol. The lowest BCUT2D eigenvalue weighted by molar-refractivity contribution is 0.0986. The number of ether oxygens (including phenoxy) is 1.